The van der Waals surface area contributed by atoms with Gasteiger partial charge in [0.25, 0.3) is 0 Å². The molecule has 0 bridgehead atoms. The topological polar surface area (TPSA) is 36.4 Å². The summed E-state index contributed by atoms with van der Waals surface area (Å²) in [5.41, 5.74) is -0.762. The lowest BCUT2D eigenvalue weighted by atomic mass is 10.1. The van der Waals surface area contributed by atoms with Crippen molar-refractivity contribution in [3.8, 4) is 0 Å². The molecule has 0 radical (unpaired) electrons. The van der Waals surface area contributed by atoms with Crippen LogP contribution in [0.25, 0.3) is 0 Å². The molecule has 1 saturated heterocycles. The van der Waals surface area contributed by atoms with Gasteiger partial charge in [0.15, 0.2) is 5.13 Å². The molecule has 2 heterocycles. The first-order chi connectivity index (χ1) is 7.57. The van der Waals surface area contributed by atoms with Crippen LogP contribution in [-0.4, -0.2) is 23.2 Å². The number of aromatic nitrogens is 1. The molecular weight excluding hydrogens is 220 g/mol. The van der Waals surface area contributed by atoms with Crippen molar-refractivity contribution in [1.29, 1.82) is 0 Å². The van der Waals surface area contributed by atoms with E-state index in [1.807, 2.05) is 20.0 Å². The van der Waals surface area contributed by atoms with Gasteiger partial charge in [0.1, 0.15) is 0 Å². The molecule has 0 spiro atoms. The Morgan fingerprint density at radius 3 is 2.38 bits per heavy atom. The second-order valence-electron chi connectivity index (χ2n) is 4.97. The highest BCUT2D eigenvalue weighted by Crippen LogP contribution is 2.31. The fourth-order valence-electron chi connectivity index (χ4n) is 1.96. The Morgan fingerprint density at radius 1 is 1.25 bits per heavy atom. The minimum Gasteiger partial charge on any atom is -0.385 e. The van der Waals surface area contributed by atoms with Crippen LogP contribution >= 0.6 is 11.3 Å². The average molecular weight is 240 g/mol. The molecule has 0 unspecified atom stereocenters. The van der Waals surface area contributed by atoms with Crippen molar-refractivity contribution >= 4 is 16.5 Å². The predicted molar refractivity (Wildman–Crippen MR) is 68.0 cm³/mol. The second-order valence-corrected chi connectivity index (χ2v) is 5.98. The van der Waals surface area contributed by atoms with Gasteiger partial charge in [-0.15, -0.1) is 0 Å². The van der Waals surface area contributed by atoms with Crippen LogP contribution in [0, 0.1) is 0 Å². The van der Waals surface area contributed by atoms with Crippen molar-refractivity contribution in [1.82, 2.24) is 4.98 Å². The van der Waals surface area contributed by atoms with Crippen molar-refractivity contribution in [3.63, 3.8) is 0 Å². The van der Waals surface area contributed by atoms with Crippen molar-refractivity contribution in [2.45, 2.75) is 45.1 Å². The summed E-state index contributed by atoms with van der Waals surface area (Å²) >= 11 is 1.62. The number of rotatable bonds is 2. The summed E-state index contributed by atoms with van der Waals surface area (Å²) in [5, 5.41) is 11.0. The highest BCUT2D eigenvalue weighted by molar-refractivity contribution is 7.15. The van der Waals surface area contributed by atoms with Gasteiger partial charge >= 0.3 is 0 Å². The number of hydrogen-bond acceptors (Lipinski definition) is 4. The minimum atomic E-state index is -0.762. The second kappa shape index (κ2) is 4.72. The van der Waals surface area contributed by atoms with E-state index in [1.165, 1.54) is 25.7 Å². The van der Waals surface area contributed by atoms with E-state index >= 15 is 0 Å². The van der Waals surface area contributed by atoms with E-state index in [0.29, 0.717) is 0 Å². The van der Waals surface area contributed by atoms with Crippen LogP contribution in [0.1, 0.15) is 44.4 Å². The van der Waals surface area contributed by atoms with Crippen LogP contribution in [0.2, 0.25) is 0 Å². The molecule has 1 aliphatic rings. The number of hydrogen-bond donors (Lipinski definition) is 1. The summed E-state index contributed by atoms with van der Waals surface area (Å²) in [7, 11) is 0. The van der Waals surface area contributed by atoms with Gasteiger partial charge in [-0.05, 0) is 26.7 Å². The predicted octanol–water partition coefficient (Wildman–Crippen LogP) is 2.75. The van der Waals surface area contributed by atoms with Gasteiger partial charge in [-0.1, -0.05) is 24.2 Å². The number of nitrogens with zero attached hydrogens (tertiary/aromatic N) is 2. The van der Waals surface area contributed by atoms with Gasteiger partial charge in [-0.25, -0.2) is 4.98 Å². The normalized spacial score (nSPS) is 18.6. The highest BCUT2D eigenvalue weighted by Gasteiger charge is 2.21. The van der Waals surface area contributed by atoms with E-state index in [-0.39, 0.29) is 0 Å². The summed E-state index contributed by atoms with van der Waals surface area (Å²) in [5.74, 6) is 0. The van der Waals surface area contributed by atoms with Gasteiger partial charge < -0.3 is 10.0 Å². The zero-order valence-electron chi connectivity index (χ0n) is 10.1. The molecule has 1 aromatic heterocycles. The van der Waals surface area contributed by atoms with Gasteiger partial charge in [0.2, 0.25) is 0 Å². The Kier molecular flexibility index (Phi) is 3.50. The van der Waals surface area contributed by atoms with Crippen molar-refractivity contribution in [2.24, 2.45) is 0 Å². The van der Waals surface area contributed by atoms with E-state index in [2.05, 4.69) is 9.88 Å². The molecule has 3 nitrogen and oxygen atoms in total. The van der Waals surface area contributed by atoms with Gasteiger partial charge in [-0.3, -0.25) is 0 Å². The lowest BCUT2D eigenvalue weighted by molar-refractivity contribution is 0.0823. The third-order valence-corrected chi connectivity index (χ3v) is 4.34. The van der Waals surface area contributed by atoms with Crippen molar-refractivity contribution < 1.29 is 5.11 Å². The Labute approximate surface area is 101 Å². The van der Waals surface area contributed by atoms with Gasteiger partial charge in [-0.2, -0.15) is 0 Å². The first kappa shape index (κ1) is 11.9. The number of anilines is 1. The number of aliphatic hydroxyl groups is 1. The Morgan fingerprint density at radius 2 is 1.88 bits per heavy atom. The molecule has 1 fully saturated rings. The SMILES string of the molecule is CC(C)(O)c1cnc(N2CCCCCC2)s1. The van der Waals surface area contributed by atoms with Crippen molar-refractivity contribution in [3.05, 3.63) is 11.1 Å². The average Bonchev–Trinajstić information content (AvgIpc) is 2.55. The molecule has 0 aliphatic carbocycles. The Balaban J connectivity index is 2.11. The summed E-state index contributed by atoms with van der Waals surface area (Å²) in [6.07, 6.45) is 7.00. The molecule has 16 heavy (non-hydrogen) atoms. The maximum atomic E-state index is 9.91. The van der Waals surface area contributed by atoms with Crippen LogP contribution < -0.4 is 4.90 Å². The molecule has 0 aromatic carbocycles. The van der Waals surface area contributed by atoms with E-state index in [0.717, 1.165) is 23.1 Å². The highest BCUT2D eigenvalue weighted by atomic mass is 32.1. The standard InChI is InChI=1S/C12H20N2OS/c1-12(2,15)10-9-13-11(16-10)14-7-5-3-4-6-8-14/h9,15H,3-8H2,1-2H3. The lowest BCUT2D eigenvalue weighted by Gasteiger charge is -2.19. The molecular formula is C12H20N2OS. The lowest BCUT2D eigenvalue weighted by Crippen LogP contribution is -2.23. The van der Waals surface area contributed by atoms with Crippen LogP contribution in [0.15, 0.2) is 6.20 Å². The first-order valence-corrected chi connectivity index (χ1v) is 6.82. The molecule has 0 amide bonds. The fourth-order valence-corrected chi connectivity index (χ4v) is 2.92. The largest absolute Gasteiger partial charge is 0.385 e. The quantitative estimate of drug-likeness (QED) is 0.863. The zero-order valence-corrected chi connectivity index (χ0v) is 10.9. The molecule has 1 aromatic rings. The molecule has 0 saturated carbocycles. The summed E-state index contributed by atoms with van der Waals surface area (Å²) in [4.78, 5) is 7.74. The van der Waals surface area contributed by atoms with Gasteiger partial charge in [0.05, 0.1) is 10.5 Å². The molecule has 2 rings (SSSR count). The minimum absolute atomic E-state index is 0.762. The molecule has 90 valence electrons. The molecule has 1 aliphatic heterocycles. The van der Waals surface area contributed by atoms with Crippen LogP contribution in [0.5, 0.6) is 0 Å². The number of thiazole rings is 1. The fraction of sp³-hybridized carbons (Fsp3) is 0.750. The van der Waals surface area contributed by atoms with Gasteiger partial charge in [0, 0.05) is 19.3 Å². The Bertz CT molecular complexity index is 335. The summed E-state index contributed by atoms with van der Waals surface area (Å²) in [6.45, 7) is 5.84. The monoisotopic (exact) mass is 240 g/mol. The van der Waals surface area contributed by atoms with Crippen molar-refractivity contribution in [2.75, 3.05) is 18.0 Å². The van der Waals surface area contributed by atoms with Crippen LogP contribution in [0.3, 0.4) is 0 Å². The maximum Gasteiger partial charge on any atom is 0.185 e. The Hall–Kier alpha value is -0.610. The third kappa shape index (κ3) is 2.74. The third-order valence-electron chi connectivity index (χ3n) is 2.97. The van der Waals surface area contributed by atoms with Crippen LogP contribution in [0.4, 0.5) is 5.13 Å². The van der Waals surface area contributed by atoms with E-state index in [9.17, 15) is 5.11 Å². The molecule has 1 N–H and O–H groups in total. The molecule has 0 atom stereocenters. The zero-order chi connectivity index (χ0) is 11.6. The molecule has 4 heteroatoms. The smallest absolute Gasteiger partial charge is 0.185 e. The first-order valence-electron chi connectivity index (χ1n) is 6.01. The van der Waals surface area contributed by atoms with E-state index in [1.54, 1.807) is 11.3 Å². The summed E-state index contributed by atoms with van der Waals surface area (Å²) < 4.78 is 0. The maximum absolute atomic E-state index is 9.91. The van der Waals surface area contributed by atoms with E-state index in [4.69, 9.17) is 0 Å². The summed E-state index contributed by atoms with van der Waals surface area (Å²) in [6, 6.07) is 0. The van der Waals surface area contributed by atoms with E-state index < -0.39 is 5.60 Å². The van der Waals surface area contributed by atoms with Crippen LogP contribution in [-0.2, 0) is 5.60 Å².